The lowest BCUT2D eigenvalue weighted by atomic mass is 9.89. The largest absolute Gasteiger partial charge is 0.483 e. The van der Waals surface area contributed by atoms with Crippen LogP contribution in [0.4, 0.5) is 0 Å². The van der Waals surface area contributed by atoms with Crippen molar-refractivity contribution in [3.8, 4) is 0 Å². The molecule has 9 heteroatoms. The third-order valence-electron chi connectivity index (χ3n) is 9.22. The number of rotatable bonds is 41. The van der Waals surface area contributed by atoms with Crippen LogP contribution in [0.25, 0.3) is 0 Å². The van der Waals surface area contributed by atoms with Gasteiger partial charge in [-0.05, 0) is 76.6 Å². The number of carbonyl (C=O) groups is 2. The van der Waals surface area contributed by atoms with Gasteiger partial charge in [0.1, 0.15) is 0 Å². The summed E-state index contributed by atoms with van der Waals surface area (Å²) in [6.07, 6.45) is 48.1. The second-order valence-electron chi connectivity index (χ2n) is 14.8. The molecule has 57 heavy (non-hydrogen) atoms. The number of unbranched alkanes of at least 4 members (excludes halogenated alkanes) is 24. The summed E-state index contributed by atoms with van der Waals surface area (Å²) in [5.41, 5.74) is 2.41. The number of carbonyl (C=O) groups excluding carboxylic acids is 1. The lowest BCUT2D eigenvalue weighted by Crippen LogP contribution is -2.26. The number of carboxylic acid groups (broad SMARTS) is 1. The van der Waals surface area contributed by atoms with E-state index in [1.54, 1.807) is 0 Å². The summed E-state index contributed by atoms with van der Waals surface area (Å²) in [6.45, 7) is 15.4. The molecule has 0 rings (SSSR count). The maximum Gasteiger partial charge on any atom is 0.305 e. The molecule has 0 bridgehead atoms. The lowest BCUT2D eigenvalue weighted by molar-refractivity contribution is -0.171. The van der Waals surface area contributed by atoms with Crippen LogP contribution in [0.3, 0.4) is 0 Å². The first-order chi connectivity index (χ1) is 28.0. The van der Waals surface area contributed by atoms with Crippen molar-refractivity contribution in [2.45, 2.75) is 240 Å². The van der Waals surface area contributed by atoms with Crippen molar-refractivity contribution in [3.63, 3.8) is 0 Å². The van der Waals surface area contributed by atoms with E-state index in [1.165, 1.54) is 167 Å². The molecule has 338 valence electrons. The molecule has 8 nitrogen and oxygen atoms in total. The highest BCUT2D eigenvalue weighted by molar-refractivity contribution is 6.11. The van der Waals surface area contributed by atoms with Crippen molar-refractivity contribution in [1.29, 1.82) is 0 Å². The number of nitrogens with one attached hydrogen (secondary N) is 2. The lowest BCUT2D eigenvalue weighted by Gasteiger charge is -2.13. The van der Waals surface area contributed by atoms with Crippen LogP contribution in [0.5, 0.6) is 0 Å². The van der Waals surface area contributed by atoms with Gasteiger partial charge in [-0.15, -0.1) is 0 Å². The van der Waals surface area contributed by atoms with E-state index in [2.05, 4.69) is 63.0 Å². The summed E-state index contributed by atoms with van der Waals surface area (Å²) in [4.78, 5) is 30.4. The molecule has 1 atom stereocenters. The highest BCUT2D eigenvalue weighted by Gasteiger charge is 2.08. The van der Waals surface area contributed by atoms with Gasteiger partial charge < -0.3 is 15.2 Å². The topological polar surface area (TPSA) is 106 Å². The van der Waals surface area contributed by atoms with Gasteiger partial charge in [-0.2, -0.15) is 0 Å². The SMILES string of the molecule is CC.CCCCCCCC/C=C\CCCCCCCC.O=CO.[B]C(CONOCCNCCCC)COC(=O)CCCCCCC/C=C\CCCCCCCC. The Labute approximate surface area is 356 Å². The van der Waals surface area contributed by atoms with E-state index in [9.17, 15) is 4.79 Å². The highest BCUT2D eigenvalue weighted by Crippen LogP contribution is 2.12. The highest BCUT2D eigenvalue weighted by atomic mass is 16.9. The molecule has 0 aromatic carbocycles. The number of allylic oxidation sites excluding steroid dienone is 4. The van der Waals surface area contributed by atoms with E-state index in [0.717, 1.165) is 32.4 Å². The molecule has 0 aliphatic rings. The van der Waals surface area contributed by atoms with Gasteiger partial charge in [-0.3, -0.25) is 19.3 Å². The fourth-order valence-corrected chi connectivity index (χ4v) is 5.76. The third-order valence-corrected chi connectivity index (χ3v) is 9.22. The van der Waals surface area contributed by atoms with E-state index < -0.39 is 0 Å². The van der Waals surface area contributed by atoms with E-state index >= 15 is 0 Å². The zero-order valence-electron chi connectivity index (χ0n) is 38.8. The minimum Gasteiger partial charge on any atom is -0.483 e. The molecule has 2 radical (unpaired) electrons. The molecule has 0 aromatic heterocycles. The summed E-state index contributed by atoms with van der Waals surface area (Å²) < 4.78 is 5.22. The van der Waals surface area contributed by atoms with Crippen LogP contribution in [-0.2, 0) is 24.0 Å². The first-order valence-electron chi connectivity index (χ1n) is 24.0. The Bertz CT molecular complexity index is 753. The van der Waals surface area contributed by atoms with Crippen molar-refractivity contribution in [2.75, 3.05) is 32.9 Å². The van der Waals surface area contributed by atoms with Gasteiger partial charge in [0.2, 0.25) is 0 Å². The zero-order valence-corrected chi connectivity index (χ0v) is 38.8. The van der Waals surface area contributed by atoms with Crippen molar-refractivity contribution in [3.05, 3.63) is 24.3 Å². The van der Waals surface area contributed by atoms with Crippen molar-refractivity contribution < 1.29 is 29.1 Å². The van der Waals surface area contributed by atoms with Crippen LogP contribution < -0.4 is 11.0 Å². The van der Waals surface area contributed by atoms with E-state index in [0.29, 0.717) is 13.0 Å². The monoisotopic (exact) mass is 809 g/mol. The van der Waals surface area contributed by atoms with Gasteiger partial charge in [0.15, 0.2) is 0 Å². The number of esters is 1. The molecule has 0 spiro atoms. The molecule has 0 amide bonds. The van der Waals surface area contributed by atoms with Crippen LogP contribution in [0, 0.1) is 0 Å². The molecule has 0 heterocycles. The third kappa shape index (κ3) is 69.3. The van der Waals surface area contributed by atoms with Gasteiger partial charge in [0, 0.05) is 13.0 Å². The molecule has 0 aromatic rings. The van der Waals surface area contributed by atoms with Gasteiger partial charge in [-0.1, -0.05) is 193 Å². The molecule has 0 saturated heterocycles. The Morgan fingerprint density at radius 1 is 0.544 bits per heavy atom. The van der Waals surface area contributed by atoms with Gasteiger partial charge in [0.05, 0.1) is 27.7 Å². The summed E-state index contributed by atoms with van der Waals surface area (Å²) in [6, 6.07) is 0. The predicted octanol–water partition coefficient (Wildman–Crippen LogP) is 14.1. The molecule has 0 saturated carbocycles. The number of hydrogen-bond acceptors (Lipinski definition) is 7. The molecule has 0 fully saturated rings. The smallest absolute Gasteiger partial charge is 0.305 e. The number of hydrogen-bond donors (Lipinski definition) is 3. The minimum absolute atomic E-state index is 0.157. The Morgan fingerprint density at radius 3 is 1.32 bits per heavy atom. The van der Waals surface area contributed by atoms with Crippen LogP contribution in [0.15, 0.2) is 24.3 Å². The first-order valence-corrected chi connectivity index (χ1v) is 24.0. The predicted molar refractivity (Wildman–Crippen MR) is 248 cm³/mol. The summed E-state index contributed by atoms with van der Waals surface area (Å²) in [7, 11) is 5.89. The van der Waals surface area contributed by atoms with Gasteiger partial charge in [-0.25, -0.2) is 0 Å². The Kier molecular flexibility index (Phi) is 69.0. The quantitative estimate of drug-likeness (QED) is 0.0140. The Hall–Kier alpha value is -1.68. The van der Waals surface area contributed by atoms with E-state index in [-0.39, 0.29) is 31.5 Å². The van der Waals surface area contributed by atoms with E-state index in [4.69, 9.17) is 32.2 Å². The molecular formula is C48H97BN2O6. The standard InChI is InChI=1S/C27H53BN2O4.C18H36.C2H6.CH2O2/c1-3-5-7-8-9-10-11-12-13-14-15-16-17-18-19-20-27(31)32-24-26(28)25-34-30-33-23-22-29-21-6-4-2;1-3-5-7-9-11-13-15-17-18-16-14-12-10-8-6-4-2;1-2;2-1-3/h12-13,26,29-30H,3-11,14-25H2,1-2H3;17-18H,3-16H2,1-2H3;1-2H3;1H,(H,2,3)/b13-12-;18-17-;;. The second-order valence-corrected chi connectivity index (χ2v) is 14.8. The fourth-order valence-electron chi connectivity index (χ4n) is 5.76. The van der Waals surface area contributed by atoms with Crippen LogP contribution in [0.1, 0.15) is 234 Å². The number of ether oxygens (including phenoxy) is 1. The normalized spacial score (nSPS) is 11.3. The molecule has 0 aliphatic carbocycles. The van der Waals surface area contributed by atoms with Crippen molar-refractivity contribution in [1.82, 2.24) is 11.0 Å². The minimum atomic E-state index is -0.378. The van der Waals surface area contributed by atoms with Crippen molar-refractivity contribution >= 4 is 20.3 Å². The first kappa shape index (κ1) is 62.0. The second kappa shape index (κ2) is 63.5. The average Bonchev–Trinajstić information content (AvgIpc) is 3.22. The molecule has 1 unspecified atom stereocenters. The Balaban J connectivity index is -0.000000510. The van der Waals surface area contributed by atoms with Gasteiger partial charge >= 0.3 is 5.97 Å². The van der Waals surface area contributed by atoms with Crippen molar-refractivity contribution in [2.24, 2.45) is 0 Å². The van der Waals surface area contributed by atoms with Crippen LogP contribution >= 0.6 is 0 Å². The summed E-state index contributed by atoms with van der Waals surface area (Å²) >= 11 is 0. The molecule has 3 N–H and O–H groups in total. The average molecular weight is 809 g/mol. The van der Waals surface area contributed by atoms with Gasteiger partial charge in [0.25, 0.3) is 6.47 Å². The zero-order chi connectivity index (χ0) is 43.0. The summed E-state index contributed by atoms with van der Waals surface area (Å²) in [5, 5.41) is 10.1. The molecular weight excluding hydrogens is 711 g/mol. The molecule has 0 aliphatic heterocycles. The fraction of sp³-hybridized carbons (Fsp3) is 0.875. The Morgan fingerprint density at radius 2 is 0.912 bits per heavy atom. The van der Waals surface area contributed by atoms with E-state index in [1.807, 2.05) is 13.8 Å². The van der Waals surface area contributed by atoms with Crippen LogP contribution in [0.2, 0.25) is 5.82 Å². The summed E-state index contributed by atoms with van der Waals surface area (Å²) in [5.74, 6) is -0.563. The maximum atomic E-state index is 11.8. The maximum absolute atomic E-state index is 11.8. The van der Waals surface area contributed by atoms with Crippen LogP contribution in [-0.4, -0.2) is 58.3 Å².